The maximum atomic E-state index is 12.0. The van der Waals surface area contributed by atoms with E-state index in [-0.39, 0.29) is 5.75 Å². The van der Waals surface area contributed by atoms with Crippen molar-refractivity contribution in [3.8, 4) is 0 Å². The van der Waals surface area contributed by atoms with Crippen molar-refractivity contribution in [2.75, 3.05) is 13.2 Å². The molecule has 108 valence electrons. The number of hydrogen-bond donors (Lipinski definition) is 1. The van der Waals surface area contributed by atoms with Crippen LogP contribution in [0.2, 0.25) is 0 Å². The fraction of sp³-hybridized carbons (Fsp3) is 0.692. The lowest BCUT2D eigenvalue weighted by Crippen LogP contribution is -2.19. The average Bonchev–Trinajstić information content (AvgIpc) is 3.04. The largest absolute Gasteiger partial charge is 0.464 e. The van der Waals surface area contributed by atoms with Crippen molar-refractivity contribution in [1.82, 2.24) is 5.32 Å². The van der Waals surface area contributed by atoms with Crippen LogP contribution in [0.25, 0.3) is 0 Å². The zero-order valence-electron chi connectivity index (χ0n) is 10.7. The number of hydrogen-bond acceptors (Lipinski definition) is 4. The van der Waals surface area contributed by atoms with E-state index in [0.29, 0.717) is 30.2 Å². The lowest BCUT2D eigenvalue weighted by molar-refractivity contribution is 0.104. The number of ether oxygens (including phenoxy) is 1. The molecule has 1 saturated heterocycles. The summed E-state index contributed by atoms with van der Waals surface area (Å²) in [5.74, 6) is -0.746. The van der Waals surface area contributed by atoms with E-state index in [0.717, 1.165) is 38.2 Å². The minimum atomic E-state index is -2.35. The third-order valence-corrected chi connectivity index (χ3v) is 3.74. The number of furan rings is 1. The molecule has 3 nitrogen and oxygen atoms in total. The summed E-state index contributed by atoms with van der Waals surface area (Å²) in [5.41, 5.74) is 0. The van der Waals surface area contributed by atoms with Crippen LogP contribution < -0.4 is 5.32 Å². The lowest BCUT2D eigenvalue weighted by atomic mass is 10.2. The predicted molar refractivity (Wildman–Crippen MR) is 71.3 cm³/mol. The molecule has 0 saturated carbocycles. The predicted octanol–water partition coefficient (Wildman–Crippen LogP) is 3.39. The van der Waals surface area contributed by atoms with Crippen molar-refractivity contribution in [2.45, 2.75) is 43.4 Å². The first kappa shape index (κ1) is 14.8. The van der Waals surface area contributed by atoms with Gasteiger partial charge >= 0.3 is 0 Å². The summed E-state index contributed by atoms with van der Waals surface area (Å²) >= 11 is 0.579. The van der Waals surface area contributed by atoms with Gasteiger partial charge in [-0.15, -0.1) is 0 Å². The molecular formula is C13H19F2NO2S. The van der Waals surface area contributed by atoms with Crippen LogP contribution >= 0.6 is 11.8 Å². The zero-order chi connectivity index (χ0) is 13.5. The highest BCUT2D eigenvalue weighted by Crippen LogP contribution is 2.21. The fourth-order valence-corrected chi connectivity index (χ4v) is 2.53. The molecule has 1 aliphatic heterocycles. The average molecular weight is 291 g/mol. The van der Waals surface area contributed by atoms with E-state index in [1.54, 1.807) is 6.07 Å². The van der Waals surface area contributed by atoms with Crippen LogP contribution in [0.3, 0.4) is 0 Å². The Kier molecular flexibility index (Phi) is 6.13. The Morgan fingerprint density at radius 2 is 2.21 bits per heavy atom. The smallest absolute Gasteiger partial charge is 0.284 e. The summed E-state index contributed by atoms with van der Waals surface area (Å²) in [6.45, 7) is 2.40. The maximum absolute atomic E-state index is 12.0. The Morgan fingerprint density at radius 1 is 1.37 bits per heavy atom. The van der Waals surface area contributed by atoms with Gasteiger partial charge in [-0.3, -0.25) is 0 Å². The Balaban J connectivity index is 1.60. The molecule has 1 aliphatic rings. The highest BCUT2D eigenvalue weighted by molar-refractivity contribution is 7.98. The summed E-state index contributed by atoms with van der Waals surface area (Å²) in [7, 11) is 0. The molecule has 2 rings (SSSR count). The molecule has 1 N–H and O–H groups in total. The van der Waals surface area contributed by atoms with Gasteiger partial charge in [0.1, 0.15) is 11.5 Å². The molecule has 0 radical (unpaired) electrons. The second kappa shape index (κ2) is 7.87. The molecule has 1 unspecified atom stereocenters. The van der Waals surface area contributed by atoms with Crippen LogP contribution in [-0.4, -0.2) is 25.0 Å². The second-order valence-corrected chi connectivity index (χ2v) is 5.52. The van der Waals surface area contributed by atoms with Gasteiger partial charge in [0, 0.05) is 6.61 Å². The maximum Gasteiger partial charge on any atom is 0.284 e. The van der Waals surface area contributed by atoms with Gasteiger partial charge in [0.15, 0.2) is 0 Å². The van der Waals surface area contributed by atoms with Gasteiger partial charge in [-0.1, -0.05) is 11.8 Å². The van der Waals surface area contributed by atoms with Crippen LogP contribution in [-0.2, 0) is 17.0 Å². The van der Waals surface area contributed by atoms with Crippen molar-refractivity contribution < 1.29 is 17.9 Å². The summed E-state index contributed by atoms with van der Waals surface area (Å²) < 4.78 is 35.0. The number of alkyl halides is 2. The second-order valence-electron chi connectivity index (χ2n) is 4.54. The molecule has 1 aromatic rings. The van der Waals surface area contributed by atoms with Crippen LogP contribution in [0.5, 0.6) is 0 Å². The van der Waals surface area contributed by atoms with Crippen LogP contribution in [0.15, 0.2) is 16.5 Å². The van der Waals surface area contributed by atoms with Crippen molar-refractivity contribution in [3.05, 3.63) is 23.7 Å². The highest BCUT2D eigenvalue weighted by Gasteiger charge is 2.14. The molecule has 1 atom stereocenters. The molecule has 6 heteroatoms. The molecule has 0 aromatic carbocycles. The number of thioether (sulfide) groups is 1. The van der Waals surface area contributed by atoms with E-state index >= 15 is 0 Å². The topological polar surface area (TPSA) is 34.4 Å². The standard InChI is InChI=1S/C13H19F2NO2S/c14-13(15)19-9-12-4-3-11(18-12)8-16-6-5-10-2-1-7-17-10/h3-4,10,13,16H,1-2,5-9H2. The molecule has 2 heterocycles. The van der Waals surface area contributed by atoms with Crippen LogP contribution in [0.4, 0.5) is 8.78 Å². The monoisotopic (exact) mass is 291 g/mol. The van der Waals surface area contributed by atoms with Gasteiger partial charge in [0.25, 0.3) is 5.76 Å². The third kappa shape index (κ3) is 5.50. The molecule has 1 fully saturated rings. The number of halogens is 2. The van der Waals surface area contributed by atoms with Gasteiger partial charge in [0.05, 0.1) is 18.4 Å². The normalized spacial score (nSPS) is 19.4. The van der Waals surface area contributed by atoms with E-state index in [1.807, 2.05) is 6.07 Å². The van der Waals surface area contributed by atoms with Gasteiger partial charge in [-0.2, -0.15) is 8.78 Å². The highest BCUT2D eigenvalue weighted by atomic mass is 32.2. The van der Waals surface area contributed by atoms with Crippen molar-refractivity contribution in [2.24, 2.45) is 0 Å². The van der Waals surface area contributed by atoms with Crippen molar-refractivity contribution in [1.29, 1.82) is 0 Å². The van der Waals surface area contributed by atoms with Crippen LogP contribution in [0, 0.1) is 0 Å². The number of nitrogens with one attached hydrogen (secondary N) is 1. The van der Waals surface area contributed by atoms with E-state index in [2.05, 4.69) is 5.32 Å². The van der Waals surface area contributed by atoms with E-state index in [1.165, 1.54) is 0 Å². The minimum Gasteiger partial charge on any atom is -0.464 e. The fourth-order valence-electron chi connectivity index (χ4n) is 2.09. The first-order chi connectivity index (χ1) is 9.24. The Hall–Kier alpha value is -0.590. The van der Waals surface area contributed by atoms with Gasteiger partial charge in [-0.25, -0.2) is 0 Å². The van der Waals surface area contributed by atoms with Crippen molar-refractivity contribution in [3.63, 3.8) is 0 Å². The zero-order valence-corrected chi connectivity index (χ0v) is 11.6. The summed E-state index contributed by atoms with van der Waals surface area (Å²) in [5, 5.41) is 3.28. The molecule has 0 aliphatic carbocycles. The lowest BCUT2D eigenvalue weighted by Gasteiger charge is -2.09. The molecule has 1 aromatic heterocycles. The SMILES string of the molecule is FC(F)SCc1ccc(CNCCC2CCCO2)o1. The Morgan fingerprint density at radius 3 is 2.95 bits per heavy atom. The Bertz CT molecular complexity index is 367. The van der Waals surface area contributed by atoms with E-state index in [4.69, 9.17) is 9.15 Å². The van der Waals surface area contributed by atoms with Gasteiger partial charge in [0.2, 0.25) is 0 Å². The number of rotatable bonds is 8. The third-order valence-electron chi connectivity index (χ3n) is 3.04. The molecular weight excluding hydrogens is 272 g/mol. The quantitative estimate of drug-likeness (QED) is 0.745. The molecule has 0 amide bonds. The van der Waals surface area contributed by atoms with Gasteiger partial charge in [-0.05, 0) is 37.9 Å². The summed E-state index contributed by atoms with van der Waals surface area (Å²) in [6, 6.07) is 3.59. The molecule has 0 spiro atoms. The Labute approximate surface area is 116 Å². The van der Waals surface area contributed by atoms with Crippen LogP contribution in [0.1, 0.15) is 30.8 Å². The molecule has 0 bridgehead atoms. The summed E-state index contributed by atoms with van der Waals surface area (Å²) in [6.07, 6.45) is 3.71. The molecule has 19 heavy (non-hydrogen) atoms. The van der Waals surface area contributed by atoms with E-state index < -0.39 is 5.76 Å². The van der Waals surface area contributed by atoms with E-state index in [9.17, 15) is 8.78 Å². The van der Waals surface area contributed by atoms with Gasteiger partial charge < -0.3 is 14.5 Å². The first-order valence-electron chi connectivity index (χ1n) is 6.53. The van der Waals surface area contributed by atoms with Crippen molar-refractivity contribution >= 4 is 11.8 Å². The minimum absolute atomic E-state index is 0.216. The summed E-state index contributed by atoms with van der Waals surface area (Å²) in [4.78, 5) is 0. The first-order valence-corrected chi connectivity index (χ1v) is 7.58.